The van der Waals surface area contributed by atoms with Crippen molar-refractivity contribution < 1.29 is 0 Å². The first kappa shape index (κ1) is 8.30. The molecule has 0 amide bonds. The molecule has 14 heavy (non-hydrogen) atoms. The van der Waals surface area contributed by atoms with E-state index in [4.69, 9.17) is 0 Å². The molecule has 1 aromatic rings. The molecule has 74 valence electrons. The molecule has 2 atom stereocenters. The van der Waals surface area contributed by atoms with Crippen LogP contribution >= 0.6 is 0 Å². The van der Waals surface area contributed by atoms with Gasteiger partial charge in [-0.15, -0.1) is 0 Å². The quantitative estimate of drug-likeness (QED) is 0.651. The maximum Gasteiger partial charge on any atom is 0.0950 e. The van der Waals surface area contributed by atoms with Gasteiger partial charge in [-0.05, 0) is 31.5 Å². The van der Waals surface area contributed by atoms with Crippen LogP contribution < -0.4 is 10.6 Å². The fourth-order valence-corrected chi connectivity index (χ4v) is 2.94. The van der Waals surface area contributed by atoms with Gasteiger partial charge in [-0.2, -0.15) is 0 Å². The van der Waals surface area contributed by atoms with Crippen molar-refractivity contribution in [2.75, 3.05) is 11.9 Å². The molecule has 2 heteroatoms. The molecular weight excluding hydrogens is 172 g/mol. The van der Waals surface area contributed by atoms with Gasteiger partial charge in [0.25, 0.3) is 0 Å². The highest BCUT2D eigenvalue weighted by atomic mass is 15.3. The number of benzene rings is 1. The minimum atomic E-state index is 0.0523. The number of anilines is 1. The number of para-hydroxylation sites is 1. The highest BCUT2D eigenvalue weighted by Gasteiger charge is 2.54. The SMILES string of the molecule is C[C@@]12NCC[C@@]1(C)c1ccccc1N2. The maximum absolute atomic E-state index is 3.60. The Balaban J connectivity index is 2.22. The van der Waals surface area contributed by atoms with Crippen molar-refractivity contribution in [3.63, 3.8) is 0 Å². The normalized spacial score (nSPS) is 39.0. The van der Waals surface area contributed by atoms with Crippen LogP contribution in [0.25, 0.3) is 0 Å². The van der Waals surface area contributed by atoms with Crippen molar-refractivity contribution in [3.05, 3.63) is 29.8 Å². The predicted molar refractivity (Wildman–Crippen MR) is 58.4 cm³/mol. The molecule has 2 aliphatic heterocycles. The molecule has 0 aliphatic carbocycles. The lowest BCUT2D eigenvalue weighted by Gasteiger charge is -2.34. The lowest BCUT2D eigenvalue weighted by Crippen LogP contribution is -2.52. The highest BCUT2D eigenvalue weighted by molar-refractivity contribution is 5.64. The molecular formula is C12H16N2. The van der Waals surface area contributed by atoms with Gasteiger partial charge in [-0.25, -0.2) is 0 Å². The summed E-state index contributed by atoms with van der Waals surface area (Å²) >= 11 is 0. The second-order valence-electron chi connectivity index (χ2n) is 4.80. The Bertz CT molecular complexity index is 388. The monoisotopic (exact) mass is 188 g/mol. The molecule has 2 heterocycles. The van der Waals surface area contributed by atoms with Gasteiger partial charge in [-0.3, -0.25) is 5.32 Å². The summed E-state index contributed by atoms with van der Waals surface area (Å²) in [6.45, 7) is 5.72. The third-order valence-corrected chi connectivity index (χ3v) is 4.11. The predicted octanol–water partition coefficient (Wildman–Crippen LogP) is 2.08. The summed E-state index contributed by atoms with van der Waals surface area (Å²) < 4.78 is 0. The zero-order valence-corrected chi connectivity index (χ0v) is 8.72. The van der Waals surface area contributed by atoms with Crippen LogP contribution in [0.15, 0.2) is 24.3 Å². The Hall–Kier alpha value is -1.02. The summed E-state index contributed by atoms with van der Waals surface area (Å²) in [6, 6.07) is 8.65. The fraction of sp³-hybridized carbons (Fsp3) is 0.500. The van der Waals surface area contributed by atoms with Gasteiger partial charge in [0.15, 0.2) is 0 Å². The van der Waals surface area contributed by atoms with Crippen LogP contribution in [0.3, 0.4) is 0 Å². The summed E-state index contributed by atoms with van der Waals surface area (Å²) in [5.41, 5.74) is 3.07. The van der Waals surface area contributed by atoms with Crippen molar-refractivity contribution in [1.29, 1.82) is 0 Å². The first-order chi connectivity index (χ1) is 6.66. The molecule has 2 aliphatic rings. The third kappa shape index (κ3) is 0.758. The van der Waals surface area contributed by atoms with Gasteiger partial charge in [0.2, 0.25) is 0 Å². The average molecular weight is 188 g/mol. The summed E-state index contributed by atoms with van der Waals surface area (Å²) in [4.78, 5) is 0. The van der Waals surface area contributed by atoms with E-state index in [1.807, 2.05) is 0 Å². The van der Waals surface area contributed by atoms with E-state index >= 15 is 0 Å². The van der Waals surface area contributed by atoms with Crippen LogP contribution in [0.5, 0.6) is 0 Å². The third-order valence-electron chi connectivity index (χ3n) is 4.11. The average Bonchev–Trinajstić information content (AvgIpc) is 2.54. The Morgan fingerprint density at radius 3 is 2.86 bits per heavy atom. The van der Waals surface area contributed by atoms with Gasteiger partial charge >= 0.3 is 0 Å². The lowest BCUT2D eigenvalue weighted by atomic mass is 9.75. The Labute approximate surface area is 84.7 Å². The van der Waals surface area contributed by atoms with Gasteiger partial charge in [0.1, 0.15) is 0 Å². The minimum absolute atomic E-state index is 0.0523. The van der Waals surface area contributed by atoms with E-state index < -0.39 is 0 Å². The molecule has 1 saturated heterocycles. The maximum atomic E-state index is 3.60. The van der Waals surface area contributed by atoms with Gasteiger partial charge in [0, 0.05) is 11.1 Å². The van der Waals surface area contributed by atoms with Crippen molar-refractivity contribution in [2.24, 2.45) is 0 Å². The van der Waals surface area contributed by atoms with Crippen LogP contribution in [0, 0.1) is 0 Å². The number of nitrogens with one attached hydrogen (secondary N) is 2. The molecule has 0 aromatic heterocycles. The Morgan fingerprint density at radius 1 is 1.21 bits per heavy atom. The van der Waals surface area contributed by atoms with Crippen LogP contribution in [0.2, 0.25) is 0 Å². The molecule has 2 N–H and O–H groups in total. The zero-order valence-electron chi connectivity index (χ0n) is 8.72. The van der Waals surface area contributed by atoms with Gasteiger partial charge in [0.05, 0.1) is 5.66 Å². The fourth-order valence-electron chi connectivity index (χ4n) is 2.94. The van der Waals surface area contributed by atoms with Crippen LogP contribution in [0.1, 0.15) is 25.8 Å². The number of fused-ring (bicyclic) bond motifs is 3. The van der Waals surface area contributed by atoms with Crippen molar-refractivity contribution >= 4 is 5.69 Å². The van der Waals surface area contributed by atoms with E-state index in [2.05, 4.69) is 48.7 Å². The molecule has 0 bridgehead atoms. The number of hydrogen-bond donors (Lipinski definition) is 2. The van der Waals surface area contributed by atoms with Gasteiger partial charge < -0.3 is 5.32 Å². The summed E-state index contributed by atoms with van der Waals surface area (Å²) in [6.07, 6.45) is 1.22. The van der Waals surface area contributed by atoms with Crippen LogP contribution in [-0.2, 0) is 5.41 Å². The molecule has 0 spiro atoms. The molecule has 0 saturated carbocycles. The van der Waals surface area contributed by atoms with E-state index in [-0.39, 0.29) is 11.1 Å². The second-order valence-corrected chi connectivity index (χ2v) is 4.80. The molecule has 1 aromatic carbocycles. The van der Waals surface area contributed by atoms with Crippen molar-refractivity contribution in [1.82, 2.24) is 5.32 Å². The van der Waals surface area contributed by atoms with E-state index in [1.54, 1.807) is 0 Å². The van der Waals surface area contributed by atoms with E-state index in [1.165, 1.54) is 17.7 Å². The van der Waals surface area contributed by atoms with Crippen molar-refractivity contribution in [2.45, 2.75) is 31.3 Å². The molecule has 2 nitrogen and oxygen atoms in total. The lowest BCUT2D eigenvalue weighted by molar-refractivity contribution is 0.332. The smallest absolute Gasteiger partial charge is 0.0950 e. The van der Waals surface area contributed by atoms with E-state index in [0.29, 0.717) is 0 Å². The molecule has 0 unspecified atom stereocenters. The second kappa shape index (κ2) is 2.31. The largest absolute Gasteiger partial charge is 0.366 e. The Kier molecular flexibility index (Phi) is 1.37. The van der Waals surface area contributed by atoms with E-state index in [0.717, 1.165) is 6.54 Å². The van der Waals surface area contributed by atoms with Crippen LogP contribution in [0.4, 0.5) is 5.69 Å². The number of rotatable bonds is 0. The highest BCUT2D eigenvalue weighted by Crippen LogP contribution is 2.50. The molecule has 0 radical (unpaired) electrons. The first-order valence-electron chi connectivity index (χ1n) is 5.28. The van der Waals surface area contributed by atoms with Crippen molar-refractivity contribution in [3.8, 4) is 0 Å². The summed E-state index contributed by atoms with van der Waals surface area (Å²) in [5.74, 6) is 0. The molecule has 3 rings (SSSR count). The summed E-state index contributed by atoms with van der Waals surface area (Å²) in [7, 11) is 0. The summed E-state index contributed by atoms with van der Waals surface area (Å²) in [5, 5.41) is 7.17. The van der Waals surface area contributed by atoms with Crippen LogP contribution in [-0.4, -0.2) is 12.2 Å². The topological polar surface area (TPSA) is 24.1 Å². The van der Waals surface area contributed by atoms with Gasteiger partial charge in [-0.1, -0.05) is 25.1 Å². The minimum Gasteiger partial charge on any atom is -0.366 e. The standard InChI is InChI=1S/C12H16N2/c1-11-7-8-13-12(11,2)14-10-6-4-3-5-9(10)11/h3-6,13-14H,7-8H2,1-2H3/t11-,12-/m0/s1. The van der Waals surface area contributed by atoms with E-state index in [9.17, 15) is 0 Å². The first-order valence-corrected chi connectivity index (χ1v) is 5.28. The zero-order chi connectivity index (χ0) is 9.81. The molecule has 1 fully saturated rings. The number of hydrogen-bond acceptors (Lipinski definition) is 2. The Morgan fingerprint density at radius 2 is 2.00 bits per heavy atom.